The third kappa shape index (κ3) is 4.51. The molecule has 1 amide bonds. The number of halogens is 6. The minimum atomic E-state index is -4.91. The predicted molar refractivity (Wildman–Crippen MR) is 85.8 cm³/mol. The van der Waals surface area contributed by atoms with Crippen molar-refractivity contribution in [2.75, 3.05) is 13.1 Å². The van der Waals surface area contributed by atoms with Crippen LogP contribution in [0.5, 0.6) is 0 Å². The molecule has 0 aliphatic carbocycles. The van der Waals surface area contributed by atoms with E-state index >= 15 is 0 Å². The van der Waals surface area contributed by atoms with E-state index in [1.165, 1.54) is 24.3 Å². The van der Waals surface area contributed by atoms with Gasteiger partial charge in [0.15, 0.2) is 5.69 Å². The fraction of sp³-hybridized carbons (Fsp3) is 0.375. The van der Waals surface area contributed by atoms with Crippen LogP contribution >= 0.6 is 11.6 Å². The van der Waals surface area contributed by atoms with Crippen molar-refractivity contribution < 1.29 is 26.7 Å². The van der Waals surface area contributed by atoms with Gasteiger partial charge in [0.05, 0.1) is 24.0 Å². The van der Waals surface area contributed by atoms with Crippen molar-refractivity contribution in [3.8, 4) is 5.69 Å². The number of amides is 1. The average Bonchev–Trinajstić information content (AvgIpc) is 2.99. The van der Waals surface area contributed by atoms with Gasteiger partial charge in [0.25, 0.3) is 12.3 Å². The molecule has 26 heavy (non-hydrogen) atoms. The van der Waals surface area contributed by atoms with Crippen molar-refractivity contribution in [3.05, 3.63) is 46.7 Å². The molecular weight excluding hydrogens is 381 g/mol. The molecule has 2 rings (SSSR count). The number of aromatic nitrogens is 2. The highest BCUT2D eigenvalue weighted by Crippen LogP contribution is 2.34. The molecule has 0 N–H and O–H groups in total. The third-order valence-corrected chi connectivity index (χ3v) is 3.73. The van der Waals surface area contributed by atoms with Crippen LogP contribution in [0.4, 0.5) is 22.0 Å². The Morgan fingerprint density at radius 3 is 2.38 bits per heavy atom. The van der Waals surface area contributed by atoms with Crippen LogP contribution in [0.3, 0.4) is 0 Å². The lowest BCUT2D eigenvalue weighted by atomic mass is 10.2. The summed E-state index contributed by atoms with van der Waals surface area (Å²) < 4.78 is 66.6. The summed E-state index contributed by atoms with van der Waals surface area (Å²) in [5, 5.41) is 3.96. The van der Waals surface area contributed by atoms with Crippen LogP contribution in [-0.2, 0) is 6.18 Å². The van der Waals surface area contributed by atoms with Gasteiger partial charge in [-0.15, -0.1) is 0 Å². The molecule has 0 unspecified atom stereocenters. The number of hydrogen-bond acceptors (Lipinski definition) is 2. The van der Waals surface area contributed by atoms with Crippen molar-refractivity contribution in [1.29, 1.82) is 0 Å². The first kappa shape index (κ1) is 20.2. The van der Waals surface area contributed by atoms with Crippen LogP contribution in [-0.4, -0.2) is 40.1 Å². The third-order valence-electron chi connectivity index (χ3n) is 3.48. The van der Waals surface area contributed by atoms with Gasteiger partial charge >= 0.3 is 6.18 Å². The maximum atomic E-state index is 13.6. The van der Waals surface area contributed by atoms with Gasteiger partial charge in [0.2, 0.25) is 0 Å². The topological polar surface area (TPSA) is 38.1 Å². The highest BCUT2D eigenvalue weighted by molar-refractivity contribution is 6.30. The molecule has 0 radical (unpaired) electrons. The Kier molecular flexibility index (Phi) is 6.22. The normalized spacial score (nSPS) is 11.8. The van der Waals surface area contributed by atoms with Crippen molar-refractivity contribution in [1.82, 2.24) is 14.7 Å². The molecule has 1 heterocycles. The summed E-state index contributed by atoms with van der Waals surface area (Å²) in [6.45, 7) is 0.593. The molecule has 0 saturated carbocycles. The lowest BCUT2D eigenvalue weighted by Gasteiger charge is -2.22. The smallest absolute Gasteiger partial charge is 0.333 e. The maximum absolute atomic E-state index is 13.6. The quantitative estimate of drug-likeness (QED) is 0.667. The van der Waals surface area contributed by atoms with Gasteiger partial charge < -0.3 is 4.90 Å². The molecule has 142 valence electrons. The molecule has 0 aliphatic heterocycles. The fourth-order valence-electron chi connectivity index (χ4n) is 2.44. The Balaban J connectivity index is 2.52. The van der Waals surface area contributed by atoms with Crippen LogP contribution in [0.2, 0.25) is 5.02 Å². The van der Waals surface area contributed by atoms with Crippen LogP contribution < -0.4 is 0 Å². The summed E-state index contributed by atoms with van der Waals surface area (Å²) in [4.78, 5) is 13.2. The Morgan fingerprint density at radius 2 is 1.88 bits per heavy atom. The highest BCUT2D eigenvalue weighted by atomic mass is 35.5. The maximum Gasteiger partial charge on any atom is 0.434 e. The van der Waals surface area contributed by atoms with E-state index in [2.05, 4.69) is 5.10 Å². The Morgan fingerprint density at radius 1 is 1.27 bits per heavy atom. The zero-order chi connectivity index (χ0) is 19.5. The first-order valence-electron chi connectivity index (χ1n) is 7.63. The summed E-state index contributed by atoms with van der Waals surface area (Å²) in [5.74, 6) is -1.14. The molecular formula is C16H15ClF5N3O. The van der Waals surface area contributed by atoms with Gasteiger partial charge in [-0.3, -0.25) is 4.79 Å². The average molecular weight is 396 g/mol. The largest absolute Gasteiger partial charge is 0.434 e. The van der Waals surface area contributed by atoms with Gasteiger partial charge in [-0.05, 0) is 30.7 Å². The minimum absolute atomic E-state index is 0.0386. The summed E-state index contributed by atoms with van der Waals surface area (Å²) in [5.41, 5.74) is -2.06. The van der Waals surface area contributed by atoms with Crippen LogP contribution in [0, 0.1) is 0 Å². The lowest BCUT2D eigenvalue weighted by Crippen LogP contribution is -2.36. The van der Waals surface area contributed by atoms with Crippen molar-refractivity contribution in [3.63, 3.8) is 0 Å². The molecule has 1 aromatic carbocycles. The predicted octanol–water partition coefficient (Wildman–Crippen LogP) is 4.66. The number of carbonyl (C=O) groups is 1. The molecule has 0 fully saturated rings. The Hall–Kier alpha value is -2.16. The van der Waals surface area contributed by atoms with Gasteiger partial charge in [0.1, 0.15) is 0 Å². The lowest BCUT2D eigenvalue weighted by molar-refractivity contribution is -0.143. The van der Waals surface area contributed by atoms with E-state index in [9.17, 15) is 26.7 Å². The SMILES string of the molecule is CCCN(CC(F)F)C(=O)c1cnn(-c2ccc(Cl)cc2)c1C(F)(F)F. The second-order valence-electron chi connectivity index (χ2n) is 5.44. The number of benzene rings is 1. The molecule has 0 spiro atoms. The van der Waals surface area contributed by atoms with E-state index in [0.717, 1.165) is 6.20 Å². The van der Waals surface area contributed by atoms with Gasteiger partial charge in [0, 0.05) is 11.6 Å². The van der Waals surface area contributed by atoms with E-state index < -0.39 is 36.3 Å². The molecule has 0 atom stereocenters. The van der Waals surface area contributed by atoms with Crippen molar-refractivity contribution >= 4 is 17.5 Å². The zero-order valence-electron chi connectivity index (χ0n) is 13.6. The molecule has 2 aromatic rings. The summed E-state index contributed by atoms with van der Waals surface area (Å²) in [6, 6.07) is 5.37. The van der Waals surface area contributed by atoms with E-state index in [0.29, 0.717) is 21.0 Å². The van der Waals surface area contributed by atoms with Gasteiger partial charge in [-0.25, -0.2) is 13.5 Å². The van der Waals surface area contributed by atoms with Crippen molar-refractivity contribution in [2.45, 2.75) is 25.9 Å². The molecule has 10 heteroatoms. The van der Waals surface area contributed by atoms with E-state index in [1.54, 1.807) is 6.92 Å². The number of carbonyl (C=O) groups excluding carboxylic acids is 1. The van der Waals surface area contributed by atoms with Gasteiger partial charge in [-0.2, -0.15) is 18.3 Å². The highest BCUT2D eigenvalue weighted by Gasteiger charge is 2.41. The fourth-order valence-corrected chi connectivity index (χ4v) is 2.56. The second-order valence-corrected chi connectivity index (χ2v) is 5.87. The molecule has 0 bridgehead atoms. The zero-order valence-corrected chi connectivity index (χ0v) is 14.4. The number of rotatable bonds is 6. The molecule has 1 aromatic heterocycles. The monoisotopic (exact) mass is 395 g/mol. The Bertz CT molecular complexity index is 758. The molecule has 0 saturated heterocycles. The van der Waals surface area contributed by atoms with Crippen LogP contribution in [0.25, 0.3) is 5.69 Å². The summed E-state index contributed by atoms with van der Waals surface area (Å²) >= 11 is 5.73. The van der Waals surface area contributed by atoms with Crippen LogP contribution in [0.15, 0.2) is 30.5 Å². The number of nitrogens with zero attached hydrogens (tertiary/aromatic N) is 3. The first-order valence-corrected chi connectivity index (χ1v) is 8.01. The van der Waals surface area contributed by atoms with E-state index in [1.807, 2.05) is 0 Å². The number of hydrogen-bond donors (Lipinski definition) is 0. The van der Waals surface area contributed by atoms with Gasteiger partial charge in [-0.1, -0.05) is 18.5 Å². The number of alkyl halides is 5. The summed E-state index contributed by atoms with van der Waals surface area (Å²) in [6.07, 6.45) is -6.70. The second kappa shape index (κ2) is 8.03. The van der Waals surface area contributed by atoms with E-state index in [-0.39, 0.29) is 12.2 Å². The van der Waals surface area contributed by atoms with E-state index in [4.69, 9.17) is 11.6 Å². The Labute approximate surface area is 151 Å². The minimum Gasteiger partial charge on any atom is -0.333 e. The first-order chi connectivity index (χ1) is 12.1. The summed E-state index contributed by atoms with van der Waals surface area (Å²) in [7, 11) is 0. The molecule has 4 nitrogen and oxygen atoms in total. The molecule has 0 aliphatic rings. The standard InChI is InChI=1S/C16H15ClF5N3O/c1-2-7-24(9-13(18)19)15(26)12-8-23-25(14(12)16(20,21)22)11-5-3-10(17)4-6-11/h3-6,8,13H,2,7,9H2,1H3. The van der Waals surface area contributed by atoms with Crippen molar-refractivity contribution in [2.24, 2.45) is 0 Å². The van der Waals surface area contributed by atoms with Crippen LogP contribution in [0.1, 0.15) is 29.4 Å².